The van der Waals surface area contributed by atoms with Crippen LogP contribution in [-0.2, 0) is 0 Å². The average molecular weight is 157 g/mol. The van der Waals surface area contributed by atoms with Crippen molar-refractivity contribution in [2.24, 2.45) is 5.92 Å². The van der Waals surface area contributed by atoms with Crippen LogP contribution in [-0.4, -0.2) is 36.2 Å². The normalized spacial score (nSPS) is 27.3. The number of nitrogens with zero attached hydrogens (tertiary/aromatic N) is 1. The van der Waals surface area contributed by atoms with Gasteiger partial charge < -0.3 is 10.0 Å². The molecular formula is C9H19NO. The zero-order valence-corrected chi connectivity index (χ0v) is 7.42. The fourth-order valence-electron chi connectivity index (χ4n) is 1.82. The Hall–Kier alpha value is -0.0800. The standard InChI is InChI=1S/C9H19NO/c1-2-5-10-6-3-4-9(7-10)8-11/h9,11H,2-8H2,1H3. The van der Waals surface area contributed by atoms with Crippen LogP contribution in [0.4, 0.5) is 0 Å². The van der Waals surface area contributed by atoms with Crippen molar-refractivity contribution in [2.75, 3.05) is 26.2 Å². The van der Waals surface area contributed by atoms with E-state index >= 15 is 0 Å². The average Bonchev–Trinajstić information content (AvgIpc) is 2.06. The van der Waals surface area contributed by atoms with Gasteiger partial charge in [0.15, 0.2) is 0 Å². The van der Waals surface area contributed by atoms with Crippen molar-refractivity contribution in [1.29, 1.82) is 0 Å². The largest absolute Gasteiger partial charge is 0.396 e. The Morgan fingerprint density at radius 3 is 3.00 bits per heavy atom. The van der Waals surface area contributed by atoms with Crippen molar-refractivity contribution in [1.82, 2.24) is 4.90 Å². The van der Waals surface area contributed by atoms with E-state index < -0.39 is 0 Å². The van der Waals surface area contributed by atoms with Crippen LogP contribution >= 0.6 is 0 Å². The highest BCUT2D eigenvalue weighted by atomic mass is 16.3. The lowest BCUT2D eigenvalue weighted by Crippen LogP contribution is -2.37. The molecule has 0 amide bonds. The van der Waals surface area contributed by atoms with Gasteiger partial charge in [0.2, 0.25) is 0 Å². The minimum atomic E-state index is 0.375. The maximum Gasteiger partial charge on any atom is 0.0471 e. The first-order valence-electron chi connectivity index (χ1n) is 4.70. The van der Waals surface area contributed by atoms with Gasteiger partial charge in [0.1, 0.15) is 0 Å². The molecule has 1 rings (SSSR count). The summed E-state index contributed by atoms with van der Waals surface area (Å²) in [5, 5.41) is 8.95. The van der Waals surface area contributed by atoms with E-state index in [4.69, 9.17) is 5.11 Å². The summed E-state index contributed by atoms with van der Waals surface area (Å²) in [6.07, 6.45) is 3.72. The second-order valence-corrected chi connectivity index (χ2v) is 3.49. The predicted octanol–water partition coefficient (Wildman–Crippen LogP) is 1.10. The number of aliphatic hydroxyl groups is 1. The third kappa shape index (κ3) is 2.80. The molecule has 0 aromatic carbocycles. The Labute approximate surface area is 69.2 Å². The molecule has 11 heavy (non-hydrogen) atoms. The molecule has 1 heterocycles. The summed E-state index contributed by atoms with van der Waals surface area (Å²) in [5.74, 6) is 0.551. The van der Waals surface area contributed by atoms with Gasteiger partial charge >= 0.3 is 0 Å². The zero-order valence-electron chi connectivity index (χ0n) is 7.42. The minimum absolute atomic E-state index is 0.375. The molecule has 66 valence electrons. The van der Waals surface area contributed by atoms with Crippen LogP contribution in [0.1, 0.15) is 26.2 Å². The second kappa shape index (κ2) is 4.73. The maximum atomic E-state index is 8.95. The first kappa shape index (κ1) is 9.01. The van der Waals surface area contributed by atoms with E-state index in [-0.39, 0.29) is 0 Å². The van der Waals surface area contributed by atoms with Crippen molar-refractivity contribution in [2.45, 2.75) is 26.2 Å². The lowest BCUT2D eigenvalue weighted by atomic mass is 9.99. The maximum absolute atomic E-state index is 8.95. The molecule has 0 radical (unpaired) electrons. The smallest absolute Gasteiger partial charge is 0.0471 e. The van der Waals surface area contributed by atoms with Crippen LogP contribution in [0.2, 0.25) is 0 Å². The van der Waals surface area contributed by atoms with Crippen LogP contribution in [0.5, 0.6) is 0 Å². The lowest BCUT2D eigenvalue weighted by molar-refractivity contribution is 0.121. The Balaban J connectivity index is 2.21. The van der Waals surface area contributed by atoms with E-state index in [0.717, 1.165) is 6.54 Å². The van der Waals surface area contributed by atoms with Gasteiger partial charge in [-0.25, -0.2) is 0 Å². The molecule has 0 spiro atoms. The van der Waals surface area contributed by atoms with Crippen LogP contribution in [0.25, 0.3) is 0 Å². The van der Waals surface area contributed by atoms with Gasteiger partial charge in [-0.05, 0) is 38.3 Å². The molecule has 1 fully saturated rings. The summed E-state index contributed by atoms with van der Waals surface area (Å²) in [4.78, 5) is 2.46. The van der Waals surface area contributed by atoms with Gasteiger partial charge in [0, 0.05) is 13.2 Å². The van der Waals surface area contributed by atoms with Gasteiger partial charge in [-0.15, -0.1) is 0 Å². The quantitative estimate of drug-likeness (QED) is 0.663. The van der Waals surface area contributed by atoms with Gasteiger partial charge in [0.25, 0.3) is 0 Å². The Bertz CT molecular complexity index is 104. The van der Waals surface area contributed by atoms with E-state index in [1.807, 2.05) is 0 Å². The molecular weight excluding hydrogens is 138 g/mol. The number of aliphatic hydroxyl groups excluding tert-OH is 1. The second-order valence-electron chi connectivity index (χ2n) is 3.49. The molecule has 1 aliphatic rings. The van der Waals surface area contributed by atoms with Gasteiger partial charge in [-0.2, -0.15) is 0 Å². The first-order chi connectivity index (χ1) is 5.36. The van der Waals surface area contributed by atoms with Crippen molar-refractivity contribution < 1.29 is 5.11 Å². The number of piperidine rings is 1. The Morgan fingerprint density at radius 1 is 1.55 bits per heavy atom. The van der Waals surface area contributed by atoms with E-state index in [1.165, 1.54) is 32.4 Å². The van der Waals surface area contributed by atoms with Crippen LogP contribution in [0.3, 0.4) is 0 Å². The van der Waals surface area contributed by atoms with Crippen LogP contribution in [0.15, 0.2) is 0 Å². The molecule has 2 nitrogen and oxygen atoms in total. The predicted molar refractivity (Wildman–Crippen MR) is 46.5 cm³/mol. The van der Waals surface area contributed by atoms with Crippen molar-refractivity contribution in [3.8, 4) is 0 Å². The molecule has 1 aliphatic heterocycles. The molecule has 1 saturated heterocycles. The Morgan fingerprint density at radius 2 is 2.36 bits per heavy atom. The van der Waals surface area contributed by atoms with Gasteiger partial charge in [-0.3, -0.25) is 0 Å². The summed E-state index contributed by atoms with van der Waals surface area (Å²) < 4.78 is 0. The summed E-state index contributed by atoms with van der Waals surface area (Å²) in [7, 11) is 0. The van der Waals surface area contributed by atoms with E-state index in [1.54, 1.807) is 0 Å². The van der Waals surface area contributed by atoms with Gasteiger partial charge in [-0.1, -0.05) is 6.92 Å². The summed E-state index contributed by atoms with van der Waals surface area (Å²) in [5.41, 5.74) is 0. The Kier molecular flexibility index (Phi) is 3.87. The summed E-state index contributed by atoms with van der Waals surface area (Å²) in [6, 6.07) is 0. The highest BCUT2D eigenvalue weighted by Crippen LogP contribution is 2.15. The lowest BCUT2D eigenvalue weighted by Gasteiger charge is -2.31. The minimum Gasteiger partial charge on any atom is -0.396 e. The van der Waals surface area contributed by atoms with Crippen molar-refractivity contribution in [3.63, 3.8) is 0 Å². The first-order valence-corrected chi connectivity index (χ1v) is 4.70. The molecule has 0 aromatic heterocycles. The SMILES string of the molecule is CCCN1CCCC(CO)C1. The molecule has 0 aromatic rings. The number of hydrogen-bond donors (Lipinski definition) is 1. The highest BCUT2D eigenvalue weighted by Gasteiger charge is 2.17. The third-order valence-electron chi connectivity index (χ3n) is 2.40. The molecule has 2 heteroatoms. The fourth-order valence-corrected chi connectivity index (χ4v) is 1.82. The van der Waals surface area contributed by atoms with E-state index in [0.29, 0.717) is 12.5 Å². The third-order valence-corrected chi connectivity index (χ3v) is 2.40. The number of rotatable bonds is 3. The van der Waals surface area contributed by atoms with Crippen LogP contribution in [0, 0.1) is 5.92 Å². The fraction of sp³-hybridized carbons (Fsp3) is 1.00. The summed E-state index contributed by atoms with van der Waals surface area (Å²) in [6.45, 7) is 6.15. The topological polar surface area (TPSA) is 23.5 Å². The molecule has 0 bridgehead atoms. The van der Waals surface area contributed by atoms with Crippen molar-refractivity contribution >= 4 is 0 Å². The molecule has 1 atom stereocenters. The highest BCUT2D eigenvalue weighted by molar-refractivity contribution is 4.71. The monoisotopic (exact) mass is 157 g/mol. The van der Waals surface area contributed by atoms with Crippen molar-refractivity contribution in [3.05, 3.63) is 0 Å². The van der Waals surface area contributed by atoms with Gasteiger partial charge in [0.05, 0.1) is 0 Å². The summed E-state index contributed by atoms with van der Waals surface area (Å²) >= 11 is 0. The molecule has 1 unspecified atom stereocenters. The number of hydrogen-bond acceptors (Lipinski definition) is 2. The zero-order chi connectivity index (χ0) is 8.10. The van der Waals surface area contributed by atoms with E-state index in [2.05, 4.69) is 11.8 Å². The molecule has 1 N–H and O–H groups in total. The van der Waals surface area contributed by atoms with E-state index in [9.17, 15) is 0 Å². The molecule has 0 aliphatic carbocycles. The van der Waals surface area contributed by atoms with Crippen LogP contribution < -0.4 is 0 Å². The number of likely N-dealkylation sites (tertiary alicyclic amines) is 1. The molecule has 0 saturated carbocycles.